The van der Waals surface area contributed by atoms with Crippen molar-refractivity contribution < 1.29 is 13.2 Å². The van der Waals surface area contributed by atoms with E-state index >= 15 is 0 Å². The van der Waals surface area contributed by atoms with Crippen LogP contribution in [0.4, 0.5) is 0 Å². The van der Waals surface area contributed by atoms with Crippen LogP contribution in [0.25, 0.3) is 0 Å². The van der Waals surface area contributed by atoms with Crippen molar-refractivity contribution >= 4 is 10.0 Å². The molecule has 3 fully saturated rings. The minimum atomic E-state index is -3.38. The van der Waals surface area contributed by atoms with E-state index in [0.717, 1.165) is 18.4 Å². The van der Waals surface area contributed by atoms with Crippen LogP contribution < -0.4 is 0 Å². The molecule has 1 unspecified atom stereocenters. The van der Waals surface area contributed by atoms with Gasteiger partial charge in [-0.3, -0.25) is 0 Å². The second kappa shape index (κ2) is 3.46. The molecule has 0 aromatic heterocycles. The molecule has 0 amide bonds. The van der Waals surface area contributed by atoms with E-state index in [4.69, 9.17) is 4.74 Å². The maximum Gasteiger partial charge on any atom is 0.243 e. The topological polar surface area (TPSA) is 49.7 Å². The quantitative estimate of drug-likeness (QED) is 0.784. The Labute approximate surface area is 119 Å². The average Bonchev–Trinajstić information content (AvgIpc) is 3.16. The van der Waals surface area contributed by atoms with E-state index in [1.807, 2.05) is 26.0 Å². The van der Waals surface area contributed by atoms with Crippen LogP contribution in [0.3, 0.4) is 0 Å². The van der Waals surface area contributed by atoms with Crippen molar-refractivity contribution in [2.75, 3.05) is 0 Å². The number of benzene rings is 1. The highest BCUT2D eigenvalue weighted by Crippen LogP contribution is 2.63. The van der Waals surface area contributed by atoms with Gasteiger partial charge >= 0.3 is 0 Å². The monoisotopic (exact) mass is 293 g/mol. The van der Waals surface area contributed by atoms with E-state index < -0.39 is 10.0 Å². The van der Waals surface area contributed by atoms with E-state index in [1.54, 1.807) is 16.4 Å². The Hall–Kier alpha value is -0.910. The van der Waals surface area contributed by atoms with Gasteiger partial charge in [-0.2, -0.15) is 4.31 Å². The highest BCUT2D eigenvalue weighted by Gasteiger charge is 2.76. The van der Waals surface area contributed by atoms with Crippen LogP contribution in [0.2, 0.25) is 0 Å². The molecule has 108 valence electrons. The normalized spacial score (nSPS) is 45.5. The number of nitrogens with zero attached hydrogens (tertiary/aromatic N) is 1. The van der Waals surface area contributed by atoms with Crippen LogP contribution in [0.15, 0.2) is 29.2 Å². The lowest BCUT2D eigenvalue weighted by molar-refractivity contribution is 0.277. The Morgan fingerprint density at radius 3 is 2.50 bits per heavy atom. The smallest absolute Gasteiger partial charge is 0.243 e. The summed E-state index contributed by atoms with van der Waals surface area (Å²) in [7, 11) is -3.38. The SMILES string of the molecule is Cc1ccc(S(=O)(=O)N2[C@H]3C[C@@H]4O[C@]4(C)C[C@]32C)cc1. The summed E-state index contributed by atoms with van der Waals surface area (Å²) in [4.78, 5) is 0.401. The van der Waals surface area contributed by atoms with Gasteiger partial charge in [0.2, 0.25) is 10.0 Å². The Kier molecular flexibility index (Phi) is 2.21. The standard InChI is InChI=1S/C15H19NO3S/c1-10-4-6-11(7-5-10)20(17,18)16-12-8-13-15(3,19-13)9-14(12,16)2/h4-7,12-13H,8-9H2,1-3H3/t12-,13-,14+,15+,16?/m0/s1. The lowest BCUT2D eigenvalue weighted by Gasteiger charge is -2.17. The van der Waals surface area contributed by atoms with Crippen molar-refractivity contribution in [2.24, 2.45) is 0 Å². The molecule has 0 bridgehead atoms. The zero-order chi connectivity index (χ0) is 14.3. The number of ether oxygens (including phenoxy) is 1. The Balaban J connectivity index is 1.67. The van der Waals surface area contributed by atoms with Gasteiger partial charge in [0, 0.05) is 6.04 Å². The molecule has 4 nitrogen and oxygen atoms in total. The average molecular weight is 293 g/mol. The Morgan fingerprint density at radius 1 is 1.25 bits per heavy atom. The van der Waals surface area contributed by atoms with E-state index in [2.05, 4.69) is 6.92 Å². The third-order valence-corrected chi connectivity index (χ3v) is 7.25. The van der Waals surface area contributed by atoms with E-state index in [1.165, 1.54) is 0 Å². The zero-order valence-electron chi connectivity index (χ0n) is 12.0. The molecule has 3 aliphatic rings. The lowest BCUT2D eigenvalue weighted by atomic mass is 9.83. The molecule has 0 N–H and O–H groups in total. The molecule has 1 saturated carbocycles. The van der Waals surface area contributed by atoms with Crippen LogP contribution in [-0.2, 0) is 14.8 Å². The van der Waals surface area contributed by atoms with Crippen molar-refractivity contribution in [3.8, 4) is 0 Å². The van der Waals surface area contributed by atoms with Gasteiger partial charge in [0.1, 0.15) is 0 Å². The summed E-state index contributed by atoms with van der Waals surface area (Å²) in [6, 6.07) is 7.22. The van der Waals surface area contributed by atoms with Gasteiger partial charge in [0.25, 0.3) is 0 Å². The molecular formula is C15H19NO3S. The van der Waals surface area contributed by atoms with E-state index in [9.17, 15) is 8.42 Å². The first-order valence-corrected chi connectivity index (χ1v) is 8.50. The minimum absolute atomic E-state index is 0.0944. The van der Waals surface area contributed by atoms with Crippen LogP contribution in [0, 0.1) is 6.92 Å². The number of epoxide rings is 1. The molecule has 1 aromatic carbocycles. The molecule has 0 spiro atoms. The summed E-state index contributed by atoms with van der Waals surface area (Å²) in [5.74, 6) is 0. The largest absolute Gasteiger partial charge is 0.366 e. The molecule has 4 rings (SSSR count). The van der Waals surface area contributed by atoms with Crippen LogP contribution in [-0.4, -0.2) is 36.0 Å². The third kappa shape index (κ3) is 1.51. The second-order valence-corrected chi connectivity index (χ2v) is 8.63. The molecule has 5 heteroatoms. The fraction of sp³-hybridized carbons (Fsp3) is 0.600. The van der Waals surface area contributed by atoms with Crippen molar-refractivity contribution in [2.45, 2.75) is 61.8 Å². The molecule has 5 atom stereocenters. The zero-order valence-corrected chi connectivity index (χ0v) is 12.8. The predicted molar refractivity (Wildman–Crippen MR) is 74.9 cm³/mol. The van der Waals surface area contributed by atoms with Crippen molar-refractivity contribution in [3.63, 3.8) is 0 Å². The Morgan fingerprint density at radius 2 is 1.90 bits per heavy atom. The first kappa shape index (κ1) is 12.8. The van der Waals surface area contributed by atoms with Gasteiger partial charge in [-0.15, -0.1) is 0 Å². The van der Waals surface area contributed by atoms with Crippen LogP contribution >= 0.6 is 0 Å². The maximum atomic E-state index is 12.8. The maximum absolute atomic E-state index is 12.8. The molecule has 2 saturated heterocycles. The molecule has 2 aliphatic heterocycles. The number of fused-ring (bicyclic) bond motifs is 2. The van der Waals surface area contributed by atoms with E-state index in [0.29, 0.717) is 4.90 Å². The molecule has 1 aliphatic carbocycles. The highest BCUT2D eigenvalue weighted by atomic mass is 32.2. The van der Waals surface area contributed by atoms with Gasteiger partial charge in [-0.25, -0.2) is 8.42 Å². The van der Waals surface area contributed by atoms with Crippen molar-refractivity contribution in [1.82, 2.24) is 4.31 Å². The number of aryl methyl sites for hydroxylation is 1. The fourth-order valence-corrected chi connectivity index (χ4v) is 5.98. The summed E-state index contributed by atoms with van der Waals surface area (Å²) in [6.45, 7) is 6.10. The number of hydrogen-bond acceptors (Lipinski definition) is 3. The molecular weight excluding hydrogens is 274 g/mol. The van der Waals surface area contributed by atoms with Crippen LogP contribution in [0.5, 0.6) is 0 Å². The molecule has 20 heavy (non-hydrogen) atoms. The van der Waals surface area contributed by atoms with E-state index in [-0.39, 0.29) is 23.3 Å². The number of rotatable bonds is 2. The van der Waals surface area contributed by atoms with Gasteiger partial charge in [0.15, 0.2) is 0 Å². The fourth-order valence-electron chi connectivity index (χ4n) is 3.94. The minimum Gasteiger partial charge on any atom is -0.366 e. The first-order chi connectivity index (χ1) is 9.27. The summed E-state index contributed by atoms with van der Waals surface area (Å²) in [6.07, 6.45) is 1.89. The van der Waals surface area contributed by atoms with Crippen LogP contribution in [0.1, 0.15) is 32.3 Å². The summed E-state index contributed by atoms with van der Waals surface area (Å²) in [5.41, 5.74) is 0.717. The molecule has 1 aromatic rings. The lowest BCUT2D eigenvalue weighted by Crippen LogP contribution is -2.29. The Bertz CT molecular complexity index is 684. The van der Waals surface area contributed by atoms with Gasteiger partial charge in [-0.1, -0.05) is 17.7 Å². The number of sulfonamides is 1. The summed E-state index contributed by atoms with van der Waals surface area (Å²) < 4.78 is 33.0. The first-order valence-electron chi connectivity index (χ1n) is 7.06. The van der Waals surface area contributed by atoms with Gasteiger partial charge < -0.3 is 4.74 Å². The van der Waals surface area contributed by atoms with Crippen molar-refractivity contribution in [3.05, 3.63) is 29.8 Å². The third-order valence-electron chi connectivity index (χ3n) is 5.20. The van der Waals surface area contributed by atoms with Gasteiger partial charge in [-0.05, 0) is 45.7 Å². The highest BCUT2D eigenvalue weighted by molar-refractivity contribution is 7.89. The van der Waals surface area contributed by atoms with Crippen molar-refractivity contribution in [1.29, 1.82) is 0 Å². The molecule has 2 heterocycles. The predicted octanol–water partition coefficient (Wildman–Crippen LogP) is 2.08. The summed E-state index contributed by atoms with van der Waals surface area (Å²) in [5, 5.41) is 0. The number of hydrogen-bond donors (Lipinski definition) is 0. The molecule has 0 radical (unpaired) electrons. The second-order valence-electron chi connectivity index (χ2n) is 6.82. The van der Waals surface area contributed by atoms with Gasteiger partial charge in [0.05, 0.1) is 22.1 Å². The summed E-state index contributed by atoms with van der Waals surface area (Å²) >= 11 is 0.